The van der Waals surface area contributed by atoms with Gasteiger partial charge in [0.2, 0.25) is 0 Å². The summed E-state index contributed by atoms with van der Waals surface area (Å²) in [6.45, 7) is 0. The lowest BCUT2D eigenvalue weighted by Crippen LogP contribution is -1.97. The van der Waals surface area contributed by atoms with Crippen molar-refractivity contribution in [3.63, 3.8) is 0 Å². The van der Waals surface area contributed by atoms with Crippen molar-refractivity contribution in [1.29, 1.82) is 0 Å². The third-order valence-electron chi connectivity index (χ3n) is 8.32. The van der Waals surface area contributed by atoms with Gasteiger partial charge < -0.3 is 4.42 Å². The summed E-state index contributed by atoms with van der Waals surface area (Å²) in [7, 11) is 0. The van der Waals surface area contributed by atoms with Crippen LogP contribution in [0.25, 0.3) is 82.4 Å². The van der Waals surface area contributed by atoms with Crippen molar-refractivity contribution in [2.24, 2.45) is 0 Å². The third-order valence-corrected chi connectivity index (χ3v) is 9.28. The van der Waals surface area contributed by atoms with Gasteiger partial charge in [0.05, 0.1) is 11.0 Å². The van der Waals surface area contributed by atoms with Crippen molar-refractivity contribution >= 4 is 54.4 Å². The Morgan fingerprint density at radius 2 is 1.21 bits per heavy atom. The quantitative estimate of drug-likeness (QED) is 0.211. The summed E-state index contributed by atoms with van der Waals surface area (Å²) in [6.07, 6.45) is 0. The molecule has 9 rings (SSSR count). The van der Waals surface area contributed by atoms with Crippen LogP contribution < -0.4 is 0 Å². The Hall–Kier alpha value is -5.45. The molecule has 0 N–H and O–H groups in total. The first-order chi connectivity index (χ1) is 21.3. The molecule has 43 heavy (non-hydrogen) atoms. The summed E-state index contributed by atoms with van der Waals surface area (Å²) in [5.74, 6) is 0.952. The molecule has 202 valence electrons. The largest absolute Gasteiger partial charge is 0.456 e. The number of aromatic nitrogens is 2. The number of imidazole rings is 1. The summed E-state index contributed by atoms with van der Waals surface area (Å²) < 4.78 is 9.62. The summed E-state index contributed by atoms with van der Waals surface area (Å²) in [5.41, 5.74) is 10.9. The Morgan fingerprint density at radius 1 is 0.535 bits per heavy atom. The smallest absolute Gasteiger partial charge is 0.147 e. The highest BCUT2D eigenvalue weighted by atomic mass is 32.1. The Morgan fingerprint density at radius 3 is 2.09 bits per heavy atom. The van der Waals surface area contributed by atoms with Gasteiger partial charge in [0.15, 0.2) is 0 Å². The highest BCUT2D eigenvalue weighted by molar-refractivity contribution is 7.17. The Balaban J connectivity index is 1.20. The first kappa shape index (κ1) is 24.2. The summed E-state index contributed by atoms with van der Waals surface area (Å²) in [5, 5.41) is 5.73. The predicted octanol–water partition coefficient (Wildman–Crippen LogP) is 11.1. The number of furan rings is 1. The van der Waals surface area contributed by atoms with Gasteiger partial charge in [-0.1, -0.05) is 84.9 Å². The molecule has 0 bridgehead atoms. The molecule has 3 nitrogen and oxygen atoms in total. The highest BCUT2D eigenvalue weighted by Gasteiger charge is 2.18. The second kappa shape index (κ2) is 9.55. The van der Waals surface area contributed by atoms with E-state index in [0.29, 0.717) is 0 Å². The van der Waals surface area contributed by atoms with Gasteiger partial charge >= 0.3 is 0 Å². The minimum Gasteiger partial charge on any atom is -0.456 e. The lowest BCUT2D eigenvalue weighted by molar-refractivity contribution is 0.669. The molecule has 0 spiro atoms. The van der Waals surface area contributed by atoms with Crippen LogP contribution in [0.5, 0.6) is 0 Å². The molecule has 0 saturated heterocycles. The van der Waals surface area contributed by atoms with E-state index < -0.39 is 0 Å². The van der Waals surface area contributed by atoms with Crippen molar-refractivity contribution in [3.8, 4) is 39.3 Å². The number of nitrogens with zero attached hydrogens (tertiary/aromatic N) is 2. The number of benzene rings is 6. The van der Waals surface area contributed by atoms with Crippen LogP contribution in [-0.2, 0) is 0 Å². The number of hydrogen-bond donors (Lipinski definition) is 0. The summed E-state index contributed by atoms with van der Waals surface area (Å²) >= 11 is 1.76. The molecule has 3 heterocycles. The fraction of sp³-hybridized carbons (Fsp3) is 0. The minimum absolute atomic E-state index is 0.911. The van der Waals surface area contributed by atoms with Gasteiger partial charge in [-0.05, 0) is 76.9 Å². The zero-order valence-corrected chi connectivity index (χ0v) is 23.9. The van der Waals surface area contributed by atoms with E-state index in [1.54, 1.807) is 11.3 Å². The highest BCUT2D eigenvalue weighted by Crippen LogP contribution is 2.40. The van der Waals surface area contributed by atoms with E-state index in [1.165, 1.54) is 32.3 Å². The van der Waals surface area contributed by atoms with Crippen LogP contribution in [0.2, 0.25) is 0 Å². The first-order valence-electron chi connectivity index (χ1n) is 14.4. The molecular weight excluding hydrogens is 545 g/mol. The molecule has 3 aromatic heterocycles. The zero-order valence-electron chi connectivity index (χ0n) is 23.1. The van der Waals surface area contributed by atoms with E-state index in [9.17, 15) is 0 Å². The lowest BCUT2D eigenvalue weighted by atomic mass is 10.0. The van der Waals surface area contributed by atoms with Crippen LogP contribution in [0.15, 0.2) is 149 Å². The van der Waals surface area contributed by atoms with Gasteiger partial charge in [-0.25, -0.2) is 4.98 Å². The maximum absolute atomic E-state index is 6.09. The second-order valence-corrected chi connectivity index (χ2v) is 11.8. The molecule has 0 atom stereocenters. The van der Waals surface area contributed by atoms with E-state index in [-0.39, 0.29) is 0 Å². The normalized spacial score (nSPS) is 11.7. The van der Waals surface area contributed by atoms with Crippen LogP contribution in [0.4, 0.5) is 0 Å². The van der Waals surface area contributed by atoms with E-state index in [4.69, 9.17) is 9.40 Å². The van der Waals surface area contributed by atoms with Crippen molar-refractivity contribution in [1.82, 2.24) is 9.55 Å². The van der Waals surface area contributed by atoms with Gasteiger partial charge in [-0.15, -0.1) is 11.3 Å². The van der Waals surface area contributed by atoms with Gasteiger partial charge in [-0.3, -0.25) is 4.57 Å². The number of rotatable bonds is 4. The molecule has 0 aliphatic carbocycles. The molecule has 4 heteroatoms. The van der Waals surface area contributed by atoms with Crippen LogP contribution in [0.3, 0.4) is 0 Å². The fourth-order valence-corrected chi connectivity index (χ4v) is 7.11. The molecule has 0 fully saturated rings. The molecule has 0 aliphatic heterocycles. The Kier molecular flexibility index (Phi) is 5.37. The maximum Gasteiger partial charge on any atom is 0.147 e. The van der Waals surface area contributed by atoms with Gasteiger partial charge in [0, 0.05) is 37.5 Å². The molecule has 9 aromatic rings. The van der Waals surface area contributed by atoms with Crippen LogP contribution >= 0.6 is 11.3 Å². The first-order valence-corrected chi connectivity index (χ1v) is 15.2. The molecular formula is C39H24N2OS. The SMILES string of the molecule is c1ccc(-c2ccc(-n3c(-c4csc5ccc(-c6ccc7oc8ccccc8c7c6)cc45)nc4ccccc43)cc2)cc1. The van der Waals surface area contributed by atoms with Gasteiger partial charge in [-0.2, -0.15) is 0 Å². The van der Waals surface area contributed by atoms with E-state index in [2.05, 4.69) is 137 Å². The van der Waals surface area contributed by atoms with Crippen molar-refractivity contribution in [2.45, 2.75) is 0 Å². The average molecular weight is 569 g/mol. The summed E-state index contributed by atoms with van der Waals surface area (Å²) in [6, 6.07) is 49.2. The molecule has 0 aliphatic rings. The van der Waals surface area contributed by atoms with Crippen molar-refractivity contribution in [3.05, 3.63) is 145 Å². The topological polar surface area (TPSA) is 31.0 Å². The molecule has 0 radical (unpaired) electrons. The molecule has 0 unspecified atom stereocenters. The maximum atomic E-state index is 6.09. The molecule has 0 amide bonds. The zero-order chi connectivity index (χ0) is 28.3. The Bertz CT molecular complexity index is 2450. The Labute approximate surface area is 251 Å². The molecule has 0 saturated carbocycles. The third kappa shape index (κ3) is 3.92. The average Bonchev–Trinajstić information content (AvgIpc) is 3.77. The summed E-state index contributed by atoms with van der Waals surface area (Å²) in [4.78, 5) is 5.19. The van der Waals surface area contributed by atoms with Crippen molar-refractivity contribution in [2.75, 3.05) is 0 Å². The monoisotopic (exact) mass is 568 g/mol. The fourth-order valence-electron chi connectivity index (χ4n) is 6.19. The van der Waals surface area contributed by atoms with E-state index in [0.717, 1.165) is 50.0 Å². The molecule has 6 aromatic carbocycles. The van der Waals surface area contributed by atoms with Gasteiger partial charge in [0.1, 0.15) is 17.0 Å². The van der Waals surface area contributed by atoms with E-state index >= 15 is 0 Å². The van der Waals surface area contributed by atoms with E-state index in [1.807, 2.05) is 12.1 Å². The van der Waals surface area contributed by atoms with Crippen LogP contribution in [0, 0.1) is 0 Å². The minimum atomic E-state index is 0.911. The standard InChI is InChI=1S/C39H24N2OS/c1-2-8-25(9-3-1)26-14-18-29(19-15-26)41-35-12-6-5-11-34(35)40-39(41)33-24-43-38-21-17-28(23-32(33)38)27-16-20-37-31(22-27)30-10-4-7-13-36(30)42-37/h1-24H. The lowest BCUT2D eigenvalue weighted by Gasteiger charge is -2.11. The number of hydrogen-bond acceptors (Lipinski definition) is 3. The number of fused-ring (bicyclic) bond motifs is 5. The second-order valence-electron chi connectivity index (χ2n) is 10.8. The van der Waals surface area contributed by atoms with Crippen LogP contribution in [-0.4, -0.2) is 9.55 Å². The number of para-hydroxylation sites is 3. The van der Waals surface area contributed by atoms with Crippen molar-refractivity contribution < 1.29 is 4.42 Å². The van der Waals surface area contributed by atoms with Crippen LogP contribution in [0.1, 0.15) is 0 Å². The predicted molar refractivity (Wildman–Crippen MR) is 180 cm³/mol. The number of thiophene rings is 1. The van der Waals surface area contributed by atoms with Gasteiger partial charge in [0.25, 0.3) is 0 Å².